The quantitative estimate of drug-likeness (QED) is 0.639. The highest BCUT2D eigenvalue weighted by molar-refractivity contribution is 7.92. The predicted octanol–water partition coefficient (Wildman–Crippen LogP) is -0.614. The second kappa shape index (κ2) is 5.11. The molecule has 0 fully saturated rings. The van der Waals surface area contributed by atoms with Crippen molar-refractivity contribution in [3.8, 4) is 0 Å². The number of primary amides is 1. The Bertz CT molecular complexity index is 348. The molecule has 0 radical (unpaired) electrons. The molecule has 3 N–H and O–H groups in total. The third-order valence-electron chi connectivity index (χ3n) is 2.03. The van der Waals surface area contributed by atoms with Crippen LogP contribution in [-0.2, 0) is 19.4 Å². The van der Waals surface area contributed by atoms with Gasteiger partial charge in [-0.2, -0.15) is 0 Å². The summed E-state index contributed by atoms with van der Waals surface area (Å²) in [5, 5.41) is 7.27. The topological polar surface area (TPSA) is 115 Å². The molecular formula is C8H15NO5S. The van der Waals surface area contributed by atoms with E-state index >= 15 is 0 Å². The van der Waals surface area contributed by atoms with Gasteiger partial charge in [-0.15, -0.1) is 0 Å². The third-order valence-corrected chi connectivity index (χ3v) is 4.42. The van der Waals surface area contributed by atoms with Crippen LogP contribution in [-0.4, -0.2) is 36.4 Å². The SMILES string of the molecule is CCC(C(N)=O)S(=O)(=O)CC(C)C(=O)O. The summed E-state index contributed by atoms with van der Waals surface area (Å²) in [5.41, 5.74) is 4.92. The maximum Gasteiger partial charge on any atom is 0.307 e. The molecule has 0 aliphatic rings. The van der Waals surface area contributed by atoms with E-state index in [0.717, 1.165) is 0 Å². The van der Waals surface area contributed by atoms with Crippen molar-refractivity contribution in [2.24, 2.45) is 11.7 Å². The van der Waals surface area contributed by atoms with Gasteiger partial charge in [-0.05, 0) is 6.42 Å². The Kier molecular flexibility index (Phi) is 4.73. The lowest BCUT2D eigenvalue weighted by Gasteiger charge is -2.13. The van der Waals surface area contributed by atoms with Gasteiger partial charge in [0, 0.05) is 0 Å². The van der Waals surface area contributed by atoms with Crippen molar-refractivity contribution in [3.63, 3.8) is 0 Å². The average molecular weight is 237 g/mol. The third kappa shape index (κ3) is 3.86. The molecule has 2 atom stereocenters. The second-order valence-electron chi connectivity index (χ2n) is 3.37. The lowest BCUT2D eigenvalue weighted by molar-refractivity contribution is -0.140. The summed E-state index contributed by atoms with van der Waals surface area (Å²) in [6.45, 7) is 2.78. The fraction of sp³-hybridized carbons (Fsp3) is 0.750. The smallest absolute Gasteiger partial charge is 0.307 e. The molecule has 7 heteroatoms. The molecule has 2 unspecified atom stereocenters. The van der Waals surface area contributed by atoms with Crippen molar-refractivity contribution in [1.29, 1.82) is 0 Å². The van der Waals surface area contributed by atoms with Crippen LogP contribution in [0, 0.1) is 5.92 Å². The van der Waals surface area contributed by atoms with Crippen molar-refractivity contribution in [2.45, 2.75) is 25.5 Å². The molecule has 0 aliphatic carbocycles. The van der Waals surface area contributed by atoms with Crippen LogP contribution in [0.4, 0.5) is 0 Å². The number of rotatable bonds is 6. The summed E-state index contributed by atoms with van der Waals surface area (Å²) >= 11 is 0. The van der Waals surface area contributed by atoms with E-state index < -0.39 is 38.6 Å². The number of carboxylic acids is 1. The second-order valence-corrected chi connectivity index (χ2v) is 5.60. The molecule has 6 nitrogen and oxygen atoms in total. The number of amides is 1. The first kappa shape index (κ1) is 13.9. The number of carboxylic acid groups (broad SMARTS) is 1. The molecule has 0 aromatic carbocycles. The average Bonchev–Trinajstić information content (AvgIpc) is 2.02. The number of sulfone groups is 1. The molecular weight excluding hydrogens is 222 g/mol. The number of carbonyl (C=O) groups is 2. The fourth-order valence-corrected chi connectivity index (χ4v) is 3.10. The highest BCUT2D eigenvalue weighted by Gasteiger charge is 2.32. The first-order valence-corrected chi connectivity index (χ1v) is 6.17. The van der Waals surface area contributed by atoms with Crippen LogP contribution < -0.4 is 5.73 Å². The van der Waals surface area contributed by atoms with E-state index in [1.54, 1.807) is 0 Å². The molecule has 15 heavy (non-hydrogen) atoms. The standard InChI is InChI=1S/C8H15NO5S/c1-3-6(7(9)10)15(13,14)4-5(2)8(11)12/h5-6H,3-4H2,1-2H3,(H2,9,10)(H,11,12). The normalized spacial score (nSPS) is 15.6. The van der Waals surface area contributed by atoms with Crippen molar-refractivity contribution in [3.05, 3.63) is 0 Å². The van der Waals surface area contributed by atoms with Crippen molar-refractivity contribution >= 4 is 21.7 Å². The number of carbonyl (C=O) groups excluding carboxylic acids is 1. The molecule has 0 saturated carbocycles. The number of hydrogen-bond donors (Lipinski definition) is 2. The summed E-state index contributed by atoms with van der Waals surface area (Å²) in [6, 6.07) is 0. The number of hydrogen-bond acceptors (Lipinski definition) is 4. The van der Waals surface area contributed by atoms with Gasteiger partial charge in [0.25, 0.3) is 0 Å². The van der Waals surface area contributed by atoms with Gasteiger partial charge < -0.3 is 10.8 Å². The van der Waals surface area contributed by atoms with Crippen LogP contribution in [0.5, 0.6) is 0 Å². The minimum atomic E-state index is -3.77. The largest absolute Gasteiger partial charge is 0.481 e. The zero-order valence-corrected chi connectivity index (χ0v) is 9.45. The lowest BCUT2D eigenvalue weighted by Crippen LogP contribution is -2.38. The Morgan fingerprint density at radius 1 is 1.40 bits per heavy atom. The van der Waals surface area contributed by atoms with Crippen molar-refractivity contribution < 1.29 is 23.1 Å². The molecule has 0 spiro atoms. The lowest BCUT2D eigenvalue weighted by atomic mass is 10.2. The molecule has 0 bridgehead atoms. The summed E-state index contributed by atoms with van der Waals surface area (Å²) in [4.78, 5) is 21.3. The monoisotopic (exact) mass is 237 g/mol. The van der Waals surface area contributed by atoms with Gasteiger partial charge in [0.1, 0.15) is 5.25 Å². The summed E-state index contributed by atoms with van der Waals surface area (Å²) in [7, 11) is -3.77. The van der Waals surface area contributed by atoms with E-state index in [0.29, 0.717) is 0 Å². The molecule has 0 rings (SSSR count). The Balaban J connectivity index is 4.82. The van der Waals surface area contributed by atoms with Gasteiger partial charge in [-0.3, -0.25) is 9.59 Å². The minimum absolute atomic E-state index is 0.0595. The molecule has 0 heterocycles. The molecule has 1 amide bonds. The number of nitrogens with two attached hydrogens (primary N) is 1. The van der Waals surface area contributed by atoms with E-state index in [1.807, 2.05) is 0 Å². The van der Waals surface area contributed by atoms with Crippen molar-refractivity contribution in [1.82, 2.24) is 0 Å². The van der Waals surface area contributed by atoms with Crippen LogP contribution in [0.2, 0.25) is 0 Å². The highest BCUT2D eigenvalue weighted by Crippen LogP contribution is 2.11. The predicted molar refractivity (Wildman–Crippen MR) is 53.9 cm³/mol. The first-order valence-electron chi connectivity index (χ1n) is 4.46. The van der Waals surface area contributed by atoms with E-state index in [1.165, 1.54) is 13.8 Å². The molecule has 0 saturated heterocycles. The van der Waals surface area contributed by atoms with Gasteiger partial charge in [0.15, 0.2) is 9.84 Å². The van der Waals surface area contributed by atoms with Crippen LogP contribution >= 0.6 is 0 Å². The fourth-order valence-electron chi connectivity index (χ4n) is 1.17. The van der Waals surface area contributed by atoms with Crippen molar-refractivity contribution in [2.75, 3.05) is 5.75 Å². The first-order chi connectivity index (χ1) is 6.72. The Morgan fingerprint density at radius 3 is 2.13 bits per heavy atom. The van der Waals surface area contributed by atoms with E-state index in [4.69, 9.17) is 10.8 Å². The summed E-state index contributed by atoms with van der Waals surface area (Å²) in [6.07, 6.45) is 0.0595. The van der Waals surface area contributed by atoms with Gasteiger partial charge in [-0.25, -0.2) is 8.42 Å². The number of aliphatic carboxylic acids is 1. The molecule has 0 aromatic rings. The zero-order valence-electron chi connectivity index (χ0n) is 8.63. The summed E-state index contributed by atoms with van der Waals surface area (Å²) < 4.78 is 23.1. The highest BCUT2D eigenvalue weighted by atomic mass is 32.2. The summed E-state index contributed by atoms with van der Waals surface area (Å²) in [5.74, 6) is -3.75. The van der Waals surface area contributed by atoms with E-state index in [2.05, 4.69) is 0 Å². The van der Waals surface area contributed by atoms with Gasteiger partial charge >= 0.3 is 5.97 Å². The van der Waals surface area contributed by atoms with Gasteiger partial charge in [-0.1, -0.05) is 13.8 Å². The van der Waals surface area contributed by atoms with Gasteiger partial charge in [0.2, 0.25) is 5.91 Å². The molecule has 0 aromatic heterocycles. The molecule has 88 valence electrons. The van der Waals surface area contributed by atoms with Crippen LogP contribution in [0.15, 0.2) is 0 Å². The Morgan fingerprint density at radius 2 is 1.87 bits per heavy atom. The van der Waals surface area contributed by atoms with E-state index in [-0.39, 0.29) is 6.42 Å². The van der Waals surface area contributed by atoms with Crippen LogP contribution in [0.25, 0.3) is 0 Å². The van der Waals surface area contributed by atoms with E-state index in [9.17, 15) is 18.0 Å². The Hall–Kier alpha value is -1.11. The van der Waals surface area contributed by atoms with Gasteiger partial charge in [0.05, 0.1) is 11.7 Å². The zero-order chi connectivity index (χ0) is 12.2. The van der Waals surface area contributed by atoms with Crippen LogP contribution in [0.1, 0.15) is 20.3 Å². The van der Waals surface area contributed by atoms with Crippen LogP contribution in [0.3, 0.4) is 0 Å². The maximum absolute atomic E-state index is 11.6. The molecule has 0 aliphatic heterocycles. The Labute approximate surface area is 88.4 Å². The maximum atomic E-state index is 11.6. The minimum Gasteiger partial charge on any atom is -0.481 e.